The minimum absolute atomic E-state index is 0.150. The largest absolute Gasteiger partial charge is 0.497 e. The number of hydrogen-bond acceptors (Lipinski definition) is 6. The Hall–Kier alpha value is -4.54. The quantitative estimate of drug-likeness (QED) is 0.213. The molecule has 1 aliphatic rings. The Morgan fingerprint density at radius 3 is 2.15 bits per heavy atom. The fourth-order valence-electron chi connectivity index (χ4n) is 5.59. The summed E-state index contributed by atoms with van der Waals surface area (Å²) in [7, 11) is -1.92. The molecule has 3 aromatic carbocycles. The third-order valence-electron chi connectivity index (χ3n) is 8.25. The summed E-state index contributed by atoms with van der Waals surface area (Å²) in [4.78, 5) is 33.9. The van der Waals surface area contributed by atoms with Crippen molar-refractivity contribution in [2.24, 2.45) is 0 Å². The Bertz CT molecular complexity index is 1680. The van der Waals surface area contributed by atoms with E-state index >= 15 is 0 Å². The van der Waals surface area contributed by atoms with E-state index in [1.807, 2.05) is 66.7 Å². The van der Waals surface area contributed by atoms with Crippen molar-refractivity contribution in [2.75, 3.05) is 20.2 Å². The molecule has 0 aliphatic carbocycles. The second-order valence-corrected chi connectivity index (χ2v) is 13.3. The van der Waals surface area contributed by atoms with Gasteiger partial charge in [0, 0.05) is 51.4 Å². The summed E-state index contributed by atoms with van der Waals surface area (Å²) >= 11 is 0. The third-order valence-corrected chi connectivity index (χ3v) is 10.2. The number of rotatable bonds is 14. The van der Waals surface area contributed by atoms with Gasteiger partial charge >= 0.3 is 0 Å². The molecule has 1 unspecified atom stereocenters. The fraction of sp³-hybridized carbons (Fsp3) is 0.306. The maximum Gasteiger partial charge on any atom is 0.243 e. The van der Waals surface area contributed by atoms with E-state index in [2.05, 4.69) is 10.3 Å². The lowest BCUT2D eigenvalue weighted by Crippen LogP contribution is -2.50. The van der Waals surface area contributed by atoms with Crippen molar-refractivity contribution in [1.82, 2.24) is 19.5 Å². The number of amides is 2. The van der Waals surface area contributed by atoms with Gasteiger partial charge in [0.15, 0.2) is 0 Å². The topological polar surface area (TPSA) is 109 Å². The lowest BCUT2D eigenvalue weighted by atomic mass is 10.0. The zero-order valence-electron chi connectivity index (χ0n) is 26.0. The van der Waals surface area contributed by atoms with Crippen LogP contribution in [0.4, 0.5) is 0 Å². The van der Waals surface area contributed by atoms with Crippen LogP contribution in [-0.2, 0) is 45.5 Å². The number of aromatic nitrogens is 1. The van der Waals surface area contributed by atoms with E-state index in [4.69, 9.17) is 4.74 Å². The number of benzene rings is 3. The third kappa shape index (κ3) is 8.58. The van der Waals surface area contributed by atoms with Crippen LogP contribution >= 0.6 is 0 Å². The number of pyridine rings is 1. The standard InChI is InChI=1S/C36H40N4O5S/c1-45-32-14-9-31(10-15-32)27-40(34(25-29-7-3-2-4-8-29)36(42)38-26-30-19-21-37-22-20-30)35(41)18-13-28-11-16-33(17-12-28)46(43,44)39-23-5-6-24-39/h2-4,7-12,14-17,19-22,34H,5-6,13,18,23-27H2,1H3,(H,38,42). The molecule has 1 aromatic heterocycles. The van der Waals surface area contributed by atoms with Gasteiger partial charge in [0.2, 0.25) is 21.8 Å². The summed E-state index contributed by atoms with van der Waals surface area (Å²) in [6.45, 7) is 1.63. The Kier molecular flexibility index (Phi) is 11.2. The Morgan fingerprint density at radius 1 is 0.848 bits per heavy atom. The fourth-order valence-corrected chi connectivity index (χ4v) is 7.11. The first-order chi connectivity index (χ1) is 22.3. The van der Waals surface area contributed by atoms with Gasteiger partial charge in [-0.1, -0.05) is 54.6 Å². The molecule has 0 radical (unpaired) electrons. The number of hydrogen-bond donors (Lipinski definition) is 1. The minimum Gasteiger partial charge on any atom is -0.497 e. The molecular weight excluding hydrogens is 600 g/mol. The summed E-state index contributed by atoms with van der Waals surface area (Å²) in [5, 5.41) is 3.03. The van der Waals surface area contributed by atoms with Crippen molar-refractivity contribution >= 4 is 21.8 Å². The molecule has 10 heteroatoms. The van der Waals surface area contributed by atoms with Crippen LogP contribution in [0.15, 0.2) is 108 Å². The second kappa shape index (κ2) is 15.6. The van der Waals surface area contributed by atoms with Crippen LogP contribution in [0.1, 0.15) is 41.5 Å². The van der Waals surface area contributed by atoms with Gasteiger partial charge in [-0.15, -0.1) is 0 Å². The summed E-state index contributed by atoms with van der Waals surface area (Å²) in [5.41, 5.74) is 3.56. The first kappa shape index (κ1) is 32.8. The SMILES string of the molecule is COc1ccc(CN(C(=O)CCc2ccc(S(=O)(=O)N3CCCC3)cc2)C(Cc2ccccc2)C(=O)NCc2ccncc2)cc1. The number of ether oxygens (including phenoxy) is 1. The Morgan fingerprint density at radius 2 is 1.50 bits per heavy atom. The monoisotopic (exact) mass is 640 g/mol. The highest BCUT2D eigenvalue weighted by molar-refractivity contribution is 7.89. The smallest absolute Gasteiger partial charge is 0.243 e. The van der Waals surface area contributed by atoms with Gasteiger partial charge in [0.05, 0.1) is 12.0 Å². The molecule has 1 atom stereocenters. The van der Waals surface area contributed by atoms with Crippen LogP contribution in [-0.4, -0.2) is 60.7 Å². The lowest BCUT2D eigenvalue weighted by molar-refractivity contribution is -0.141. The lowest BCUT2D eigenvalue weighted by Gasteiger charge is -2.32. The number of methoxy groups -OCH3 is 1. The van der Waals surface area contributed by atoms with Crippen LogP contribution in [0.3, 0.4) is 0 Å². The van der Waals surface area contributed by atoms with Gasteiger partial charge < -0.3 is 15.0 Å². The molecule has 9 nitrogen and oxygen atoms in total. The predicted octanol–water partition coefficient (Wildman–Crippen LogP) is 4.76. The molecule has 0 spiro atoms. The zero-order valence-corrected chi connectivity index (χ0v) is 26.9. The molecule has 240 valence electrons. The predicted molar refractivity (Wildman–Crippen MR) is 176 cm³/mol. The average molecular weight is 641 g/mol. The molecule has 1 saturated heterocycles. The Balaban J connectivity index is 1.37. The first-order valence-electron chi connectivity index (χ1n) is 15.6. The number of nitrogens with zero attached hydrogens (tertiary/aromatic N) is 3. The van der Waals surface area contributed by atoms with Crippen molar-refractivity contribution in [3.63, 3.8) is 0 Å². The van der Waals surface area contributed by atoms with E-state index in [9.17, 15) is 18.0 Å². The maximum absolute atomic E-state index is 14.1. The summed E-state index contributed by atoms with van der Waals surface area (Å²) < 4.78 is 32.8. The minimum atomic E-state index is -3.51. The number of carbonyl (C=O) groups excluding carboxylic acids is 2. The van der Waals surface area contributed by atoms with Crippen LogP contribution < -0.4 is 10.1 Å². The van der Waals surface area contributed by atoms with Crippen LogP contribution in [0, 0.1) is 0 Å². The molecule has 2 amide bonds. The highest BCUT2D eigenvalue weighted by atomic mass is 32.2. The molecule has 4 aromatic rings. The van der Waals surface area contributed by atoms with Crippen molar-refractivity contribution in [2.45, 2.75) is 56.1 Å². The van der Waals surface area contributed by atoms with Gasteiger partial charge in [-0.05, 0) is 77.9 Å². The first-order valence-corrected chi connectivity index (χ1v) is 17.0. The summed E-state index contributed by atoms with van der Waals surface area (Å²) in [6.07, 6.45) is 6.00. The van der Waals surface area contributed by atoms with Crippen molar-refractivity contribution in [3.05, 3.63) is 126 Å². The van der Waals surface area contributed by atoms with Crippen molar-refractivity contribution < 1.29 is 22.7 Å². The highest BCUT2D eigenvalue weighted by Crippen LogP contribution is 2.23. The molecule has 0 bridgehead atoms. The summed E-state index contributed by atoms with van der Waals surface area (Å²) in [6, 6.07) is 26.8. The number of aryl methyl sites for hydroxylation is 1. The second-order valence-electron chi connectivity index (χ2n) is 11.4. The van der Waals surface area contributed by atoms with Gasteiger partial charge in [-0.2, -0.15) is 4.31 Å². The highest BCUT2D eigenvalue weighted by Gasteiger charge is 2.31. The van der Waals surface area contributed by atoms with Crippen LogP contribution in [0.2, 0.25) is 0 Å². The molecule has 1 N–H and O–H groups in total. The van der Waals surface area contributed by atoms with Crippen molar-refractivity contribution in [3.8, 4) is 5.75 Å². The molecule has 46 heavy (non-hydrogen) atoms. The molecule has 5 rings (SSSR count). The number of carbonyl (C=O) groups is 2. The Labute approximate surface area is 271 Å². The van der Waals surface area contributed by atoms with E-state index in [1.165, 1.54) is 4.31 Å². The number of nitrogens with one attached hydrogen (secondary N) is 1. The molecule has 0 saturated carbocycles. The van der Waals surface area contributed by atoms with E-state index in [0.717, 1.165) is 35.1 Å². The summed E-state index contributed by atoms with van der Waals surface area (Å²) in [5.74, 6) is 0.274. The van der Waals surface area contributed by atoms with Crippen LogP contribution in [0.5, 0.6) is 5.75 Å². The van der Waals surface area contributed by atoms with Crippen LogP contribution in [0.25, 0.3) is 0 Å². The molecule has 1 aliphatic heterocycles. The van der Waals surface area contributed by atoms with E-state index in [0.29, 0.717) is 38.2 Å². The molecule has 1 fully saturated rings. The van der Waals surface area contributed by atoms with Crippen molar-refractivity contribution in [1.29, 1.82) is 0 Å². The van der Waals surface area contributed by atoms with E-state index in [-0.39, 0.29) is 29.7 Å². The van der Waals surface area contributed by atoms with E-state index in [1.54, 1.807) is 48.7 Å². The maximum atomic E-state index is 14.1. The van der Waals surface area contributed by atoms with Gasteiger partial charge in [-0.25, -0.2) is 8.42 Å². The normalized spacial score (nSPS) is 14.0. The molecular formula is C36H40N4O5S. The molecule has 2 heterocycles. The van der Waals surface area contributed by atoms with Gasteiger partial charge in [0.1, 0.15) is 11.8 Å². The average Bonchev–Trinajstić information content (AvgIpc) is 3.66. The van der Waals surface area contributed by atoms with Gasteiger partial charge in [0.25, 0.3) is 0 Å². The number of sulfonamides is 1. The zero-order chi connectivity index (χ0) is 32.4. The van der Waals surface area contributed by atoms with E-state index < -0.39 is 16.1 Å². The van der Waals surface area contributed by atoms with Gasteiger partial charge in [-0.3, -0.25) is 14.6 Å².